The molecule has 1 aliphatic rings. The molecule has 1 aliphatic heterocycles. The standard InChI is InChI=1S/C8H15O2/c9-6-2-1-4-8-5-3-7-10-8/h2,8-9H,1,3-7H2. The van der Waals surface area contributed by atoms with E-state index in [1.807, 2.05) is 6.42 Å². The Morgan fingerprint density at radius 2 is 2.50 bits per heavy atom. The van der Waals surface area contributed by atoms with Gasteiger partial charge in [-0.2, -0.15) is 0 Å². The third-order valence-electron chi connectivity index (χ3n) is 1.85. The minimum atomic E-state index is 0.201. The molecule has 1 saturated heterocycles. The van der Waals surface area contributed by atoms with Crippen molar-refractivity contribution in [1.29, 1.82) is 0 Å². The minimum absolute atomic E-state index is 0.201. The molecule has 1 rings (SSSR count). The van der Waals surface area contributed by atoms with Crippen LogP contribution in [0.25, 0.3) is 0 Å². The Hall–Kier alpha value is -0.0800. The Morgan fingerprint density at radius 3 is 3.10 bits per heavy atom. The third kappa shape index (κ3) is 2.67. The summed E-state index contributed by atoms with van der Waals surface area (Å²) < 4.78 is 5.40. The monoisotopic (exact) mass is 143 g/mol. The van der Waals surface area contributed by atoms with E-state index in [1.165, 1.54) is 12.8 Å². The second-order valence-electron chi connectivity index (χ2n) is 2.68. The van der Waals surface area contributed by atoms with Gasteiger partial charge in [-0.15, -0.1) is 0 Å². The number of ether oxygens (including phenoxy) is 1. The molecule has 0 aromatic rings. The van der Waals surface area contributed by atoms with E-state index in [0.717, 1.165) is 19.4 Å². The van der Waals surface area contributed by atoms with Crippen LogP contribution in [0, 0.1) is 6.42 Å². The molecular formula is C8H15O2. The molecule has 2 nitrogen and oxygen atoms in total. The van der Waals surface area contributed by atoms with Crippen LogP contribution in [0.3, 0.4) is 0 Å². The van der Waals surface area contributed by atoms with Crippen LogP contribution in [-0.2, 0) is 4.74 Å². The SMILES string of the molecule is OC[CH]CCC1CCCO1. The van der Waals surface area contributed by atoms with E-state index < -0.39 is 0 Å². The van der Waals surface area contributed by atoms with Gasteiger partial charge in [0.05, 0.1) is 6.10 Å². The van der Waals surface area contributed by atoms with Gasteiger partial charge in [0.2, 0.25) is 0 Å². The van der Waals surface area contributed by atoms with Crippen molar-refractivity contribution in [3.63, 3.8) is 0 Å². The van der Waals surface area contributed by atoms with Crippen LogP contribution < -0.4 is 0 Å². The van der Waals surface area contributed by atoms with Gasteiger partial charge in [-0.25, -0.2) is 0 Å². The Labute approximate surface area is 62.2 Å². The van der Waals surface area contributed by atoms with Gasteiger partial charge in [-0.1, -0.05) is 0 Å². The van der Waals surface area contributed by atoms with Gasteiger partial charge in [-0.05, 0) is 32.1 Å². The summed E-state index contributed by atoms with van der Waals surface area (Å²) in [7, 11) is 0. The van der Waals surface area contributed by atoms with E-state index >= 15 is 0 Å². The van der Waals surface area contributed by atoms with Crippen LogP contribution in [0.15, 0.2) is 0 Å². The Morgan fingerprint density at radius 1 is 1.60 bits per heavy atom. The first-order valence-electron chi connectivity index (χ1n) is 3.97. The number of aliphatic hydroxyl groups is 1. The number of hydrogen-bond acceptors (Lipinski definition) is 2. The summed E-state index contributed by atoms with van der Waals surface area (Å²) in [5.41, 5.74) is 0. The third-order valence-corrected chi connectivity index (χ3v) is 1.85. The van der Waals surface area contributed by atoms with E-state index in [9.17, 15) is 0 Å². The normalized spacial score (nSPS) is 25.5. The average molecular weight is 143 g/mol. The first kappa shape index (κ1) is 8.02. The zero-order valence-electron chi connectivity index (χ0n) is 6.25. The summed E-state index contributed by atoms with van der Waals surface area (Å²) >= 11 is 0. The predicted octanol–water partition coefficient (Wildman–Crippen LogP) is 1.14. The minimum Gasteiger partial charge on any atom is -0.396 e. The topological polar surface area (TPSA) is 29.5 Å². The van der Waals surface area contributed by atoms with E-state index in [4.69, 9.17) is 9.84 Å². The molecule has 2 heteroatoms. The summed E-state index contributed by atoms with van der Waals surface area (Å²) in [6, 6.07) is 0. The lowest BCUT2D eigenvalue weighted by Crippen LogP contribution is -2.04. The highest BCUT2D eigenvalue weighted by Crippen LogP contribution is 2.16. The quantitative estimate of drug-likeness (QED) is 0.598. The van der Waals surface area contributed by atoms with Crippen LogP contribution in [0.5, 0.6) is 0 Å². The number of aliphatic hydroxyl groups excluding tert-OH is 1. The van der Waals surface area contributed by atoms with E-state index in [-0.39, 0.29) is 6.61 Å². The molecule has 1 unspecified atom stereocenters. The smallest absolute Gasteiger partial charge is 0.0576 e. The van der Waals surface area contributed by atoms with Crippen molar-refractivity contribution >= 4 is 0 Å². The van der Waals surface area contributed by atoms with Gasteiger partial charge in [0.1, 0.15) is 0 Å². The summed E-state index contributed by atoms with van der Waals surface area (Å²) in [4.78, 5) is 0. The van der Waals surface area contributed by atoms with Gasteiger partial charge in [0.15, 0.2) is 0 Å². The largest absolute Gasteiger partial charge is 0.396 e. The van der Waals surface area contributed by atoms with Crippen LogP contribution in [-0.4, -0.2) is 24.4 Å². The fourth-order valence-corrected chi connectivity index (χ4v) is 1.27. The van der Waals surface area contributed by atoms with Crippen molar-refractivity contribution in [3.8, 4) is 0 Å². The van der Waals surface area contributed by atoms with Crippen molar-refractivity contribution in [2.24, 2.45) is 0 Å². The molecule has 59 valence electrons. The molecule has 1 heterocycles. The summed E-state index contributed by atoms with van der Waals surface area (Å²) in [6.45, 7) is 1.14. The van der Waals surface area contributed by atoms with Gasteiger partial charge >= 0.3 is 0 Å². The van der Waals surface area contributed by atoms with E-state index in [0.29, 0.717) is 6.10 Å². The molecule has 1 fully saturated rings. The Bertz CT molecular complexity index is 77.3. The van der Waals surface area contributed by atoms with Gasteiger partial charge in [0.25, 0.3) is 0 Å². The van der Waals surface area contributed by atoms with Crippen molar-refractivity contribution in [2.45, 2.75) is 31.8 Å². The summed E-state index contributed by atoms with van der Waals surface area (Å²) in [6.07, 6.45) is 6.86. The Kier molecular flexibility index (Phi) is 3.76. The Balaban J connectivity index is 1.91. The molecule has 0 aromatic heterocycles. The lowest BCUT2D eigenvalue weighted by Gasteiger charge is -2.06. The van der Waals surface area contributed by atoms with E-state index in [2.05, 4.69) is 0 Å². The molecule has 0 aromatic carbocycles. The van der Waals surface area contributed by atoms with Gasteiger partial charge in [0, 0.05) is 13.2 Å². The van der Waals surface area contributed by atoms with Crippen LogP contribution in [0.2, 0.25) is 0 Å². The van der Waals surface area contributed by atoms with Crippen molar-refractivity contribution in [3.05, 3.63) is 6.42 Å². The van der Waals surface area contributed by atoms with Crippen molar-refractivity contribution < 1.29 is 9.84 Å². The number of rotatable bonds is 4. The number of hydrogen-bond donors (Lipinski definition) is 1. The molecule has 1 N–H and O–H groups in total. The van der Waals surface area contributed by atoms with Gasteiger partial charge in [-0.3, -0.25) is 0 Å². The van der Waals surface area contributed by atoms with E-state index in [1.54, 1.807) is 0 Å². The molecule has 0 saturated carbocycles. The molecule has 0 amide bonds. The predicted molar refractivity (Wildman–Crippen MR) is 39.6 cm³/mol. The van der Waals surface area contributed by atoms with Gasteiger partial charge < -0.3 is 9.84 Å². The molecule has 1 radical (unpaired) electrons. The zero-order valence-corrected chi connectivity index (χ0v) is 6.25. The summed E-state index contributed by atoms with van der Waals surface area (Å²) in [5, 5.41) is 8.44. The van der Waals surface area contributed by atoms with Crippen molar-refractivity contribution in [1.82, 2.24) is 0 Å². The first-order chi connectivity index (χ1) is 4.93. The van der Waals surface area contributed by atoms with Crippen molar-refractivity contribution in [2.75, 3.05) is 13.2 Å². The first-order valence-corrected chi connectivity index (χ1v) is 3.97. The lowest BCUT2D eigenvalue weighted by molar-refractivity contribution is 0.103. The van der Waals surface area contributed by atoms with Crippen LogP contribution in [0.1, 0.15) is 25.7 Å². The van der Waals surface area contributed by atoms with Crippen LogP contribution >= 0.6 is 0 Å². The maximum atomic E-state index is 8.44. The number of unbranched alkanes of at least 4 members (excludes halogenated alkanes) is 1. The molecule has 1 atom stereocenters. The molecule has 10 heavy (non-hydrogen) atoms. The average Bonchev–Trinajstić information content (AvgIpc) is 2.41. The molecule has 0 bridgehead atoms. The second-order valence-corrected chi connectivity index (χ2v) is 2.68. The highest BCUT2D eigenvalue weighted by molar-refractivity contribution is 4.70. The van der Waals surface area contributed by atoms with Crippen LogP contribution in [0.4, 0.5) is 0 Å². The molecular weight excluding hydrogens is 128 g/mol. The summed E-state index contributed by atoms with van der Waals surface area (Å²) in [5.74, 6) is 0. The lowest BCUT2D eigenvalue weighted by atomic mass is 10.1. The maximum Gasteiger partial charge on any atom is 0.0576 e. The highest BCUT2D eigenvalue weighted by atomic mass is 16.5. The maximum absolute atomic E-state index is 8.44. The zero-order chi connectivity index (χ0) is 7.23. The fraction of sp³-hybridized carbons (Fsp3) is 0.875. The fourth-order valence-electron chi connectivity index (χ4n) is 1.27. The highest BCUT2D eigenvalue weighted by Gasteiger charge is 2.13. The molecule has 0 aliphatic carbocycles. The molecule has 0 spiro atoms. The second kappa shape index (κ2) is 4.69.